The predicted octanol–water partition coefficient (Wildman–Crippen LogP) is 3.56. The van der Waals surface area contributed by atoms with E-state index in [0.717, 1.165) is 6.07 Å². The fourth-order valence-electron chi connectivity index (χ4n) is 1.45. The molecule has 0 atom stereocenters. The van der Waals surface area contributed by atoms with Crippen LogP contribution in [0.25, 0.3) is 0 Å². The van der Waals surface area contributed by atoms with E-state index >= 15 is 0 Å². The fraction of sp³-hybridized carbons (Fsp3) is 0. The number of benzene rings is 2. The number of amides is 1. The van der Waals surface area contributed by atoms with Crippen LogP contribution >= 0.6 is 15.9 Å². The molecule has 6 heteroatoms. The van der Waals surface area contributed by atoms with Gasteiger partial charge in [-0.2, -0.15) is 0 Å². The minimum absolute atomic E-state index is 0.00234. The molecule has 0 radical (unpaired) electrons. The number of carbonyl (C=O) groups excluding carboxylic acids is 1. The summed E-state index contributed by atoms with van der Waals surface area (Å²) < 4.78 is 26.4. The molecule has 0 aliphatic heterocycles. The average molecular weight is 327 g/mol. The summed E-state index contributed by atoms with van der Waals surface area (Å²) in [5, 5.41) is 2.50. The summed E-state index contributed by atoms with van der Waals surface area (Å²) in [7, 11) is 0. The minimum atomic E-state index is -0.613. The molecule has 0 unspecified atom stereocenters. The Hall–Kier alpha value is -1.95. The number of hydrogen-bond acceptors (Lipinski definition) is 2. The first-order chi connectivity index (χ1) is 8.97. The highest BCUT2D eigenvalue weighted by Gasteiger charge is 2.09. The molecule has 98 valence electrons. The van der Waals surface area contributed by atoms with E-state index < -0.39 is 17.5 Å². The molecule has 1 amide bonds. The molecular formula is C13H9BrF2N2O. The third kappa shape index (κ3) is 3.08. The normalized spacial score (nSPS) is 10.3. The van der Waals surface area contributed by atoms with Crippen LogP contribution in [0.4, 0.5) is 20.2 Å². The highest BCUT2D eigenvalue weighted by molar-refractivity contribution is 9.10. The molecule has 0 spiro atoms. The first-order valence-corrected chi connectivity index (χ1v) is 6.08. The maximum absolute atomic E-state index is 13.2. The molecule has 0 saturated heterocycles. The van der Waals surface area contributed by atoms with Gasteiger partial charge in [-0.1, -0.05) is 0 Å². The van der Waals surface area contributed by atoms with Gasteiger partial charge >= 0.3 is 0 Å². The van der Waals surface area contributed by atoms with Gasteiger partial charge in [0.15, 0.2) is 0 Å². The summed E-state index contributed by atoms with van der Waals surface area (Å²) in [5.41, 5.74) is 5.86. The molecule has 0 fully saturated rings. The molecule has 0 aliphatic carbocycles. The van der Waals surface area contributed by atoms with Gasteiger partial charge in [-0.25, -0.2) is 8.78 Å². The van der Waals surface area contributed by atoms with E-state index in [0.29, 0.717) is 0 Å². The third-order valence-corrected chi connectivity index (χ3v) is 3.05. The molecule has 0 aliphatic rings. The maximum atomic E-state index is 13.2. The molecule has 3 N–H and O–H groups in total. The SMILES string of the molecule is Nc1ccc(NC(=O)c2ccc(F)c(Br)c2)cc1F. The van der Waals surface area contributed by atoms with Crippen molar-refractivity contribution in [3.63, 3.8) is 0 Å². The van der Waals surface area contributed by atoms with E-state index in [-0.39, 0.29) is 21.4 Å². The van der Waals surface area contributed by atoms with Crippen LogP contribution in [0.2, 0.25) is 0 Å². The van der Waals surface area contributed by atoms with Crippen LogP contribution in [0.15, 0.2) is 40.9 Å². The third-order valence-electron chi connectivity index (χ3n) is 2.44. The number of nitrogen functional groups attached to an aromatic ring is 1. The summed E-state index contributed by atoms with van der Waals surface area (Å²) in [6, 6.07) is 7.80. The molecule has 0 heterocycles. The molecule has 2 aromatic rings. The van der Waals surface area contributed by atoms with E-state index in [9.17, 15) is 13.6 Å². The van der Waals surface area contributed by atoms with Crippen molar-refractivity contribution in [1.29, 1.82) is 0 Å². The molecule has 2 rings (SSSR count). The Morgan fingerprint density at radius 3 is 2.47 bits per heavy atom. The largest absolute Gasteiger partial charge is 0.396 e. The Morgan fingerprint density at radius 2 is 1.84 bits per heavy atom. The molecule has 3 nitrogen and oxygen atoms in total. The van der Waals surface area contributed by atoms with Crippen LogP contribution in [0, 0.1) is 11.6 Å². The van der Waals surface area contributed by atoms with Gasteiger partial charge in [-0.15, -0.1) is 0 Å². The van der Waals surface area contributed by atoms with E-state index in [1.54, 1.807) is 0 Å². The summed E-state index contributed by atoms with van der Waals surface area (Å²) in [6.07, 6.45) is 0. The Labute approximate surface area is 116 Å². The summed E-state index contributed by atoms with van der Waals surface area (Å²) in [6.45, 7) is 0. The lowest BCUT2D eigenvalue weighted by Gasteiger charge is -2.07. The lowest BCUT2D eigenvalue weighted by molar-refractivity contribution is 0.102. The monoisotopic (exact) mass is 326 g/mol. The van der Waals surface area contributed by atoms with Crippen molar-refractivity contribution in [2.24, 2.45) is 0 Å². The van der Waals surface area contributed by atoms with Gasteiger partial charge in [-0.3, -0.25) is 4.79 Å². The lowest BCUT2D eigenvalue weighted by Crippen LogP contribution is -2.12. The highest BCUT2D eigenvalue weighted by Crippen LogP contribution is 2.19. The first kappa shape index (κ1) is 13.5. The molecular weight excluding hydrogens is 318 g/mol. The number of nitrogens with one attached hydrogen (secondary N) is 1. The summed E-state index contributed by atoms with van der Waals surface area (Å²) in [5.74, 6) is -1.54. The maximum Gasteiger partial charge on any atom is 0.255 e. The van der Waals surface area contributed by atoms with Crippen molar-refractivity contribution in [3.05, 3.63) is 58.1 Å². The van der Waals surface area contributed by atoms with Crippen LogP contribution in [0.3, 0.4) is 0 Å². The van der Waals surface area contributed by atoms with Crippen LogP contribution in [-0.4, -0.2) is 5.91 Å². The van der Waals surface area contributed by atoms with Crippen LogP contribution in [0.1, 0.15) is 10.4 Å². The van der Waals surface area contributed by atoms with Crippen molar-refractivity contribution in [3.8, 4) is 0 Å². The number of carbonyl (C=O) groups is 1. The minimum Gasteiger partial charge on any atom is -0.396 e. The zero-order chi connectivity index (χ0) is 14.0. The number of hydrogen-bond donors (Lipinski definition) is 2. The van der Waals surface area contributed by atoms with Crippen LogP contribution < -0.4 is 11.1 Å². The Balaban J connectivity index is 2.20. The van der Waals surface area contributed by atoms with Gasteiger partial charge in [0.2, 0.25) is 0 Å². The van der Waals surface area contributed by atoms with E-state index in [4.69, 9.17) is 5.73 Å². The lowest BCUT2D eigenvalue weighted by atomic mass is 10.2. The van der Waals surface area contributed by atoms with Gasteiger partial charge in [0, 0.05) is 11.3 Å². The zero-order valence-electron chi connectivity index (χ0n) is 9.58. The molecule has 2 aromatic carbocycles. The smallest absolute Gasteiger partial charge is 0.255 e. The van der Waals surface area contributed by atoms with Gasteiger partial charge < -0.3 is 11.1 Å². The van der Waals surface area contributed by atoms with Crippen molar-refractivity contribution >= 4 is 33.2 Å². The standard InChI is InChI=1S/C13H9BrF2N2O/c14-9-5-7(1-3-10(9)15)13(19)18-8-2-4-12(17)11(16)6-8/h1-6H,17H2,(H,18,19). The average Bonchev–Trinajstić information content (AvgIpc) is 2.37. The number of rotatable bonds is 2. The quantitative estimate of drug-likeness (QED) is 0.829. The summed E-state index contributed by atoms with van der Waals surface area (Å²) in [4.78, 5) is 11.9. The molecule has 0 aromatic heterocycles. The van der Waals surface area contributed by atoms with Gasteiger partial charge in [-0.05, 0) is 52.3 Å². The number of nitrogens with two attached hydrogens (primary N) is 1. The van der Waals surface area contributed by atoms with Gasteiger partial charge in [0.25, 0.3) is 5.91 Å². The van der Waals surface area contributed by atoms with E-state index in [2.05, 4.69) is 21.2 Å². The summed E-state index contributed by atoms with van der Waals surface area (Å²) >= 11 is 2.99. The van der Waals surface area contributed by atoms with E-state index in [1.165, 1.54) is 30.3 Å². The number of halogens is 3. The zero-order valence-corrected chi connectivity index (χ0v) is 11.2. The fourth-order valence-corrected chi connectivity index (χ4v) is 1.82. The molecule has 19 heavy (non-hydrogen) atoms. The van der Waals surface area contributed by atoms with E-state index in [1.807, 2.05) is 0 Å². The first-order valence-electron chi connectivity index (χ1n) is 5.29. The van der Waals surface area contributed by atoms with Crippen molar-refractivity contribution in [1.82, 2.24) is 0 Å². The number of anilines is 2. The van der Waals surface area contributed by atoms with Gasteiger partial charge in [0.1, 0.15) is 11.6 Å². The second kappa shape index (κ2) is 5.36. The highest BCUT2D eigenvalue weighted by atomic mass is 79.9. The van der Waals surface area contributed by atoms with Crippen LogP contribution in [-0.2, 0) is 0 Å². The van der Waals surface area contributed by atoms with Crippen molar-refractivity contribution in [2.75, 3.05) is 11.1 Å². The van der Waals surface area contributed by atoms with Gasteiger partial charge in [0.05, 0.1) is 10.2 Å². The second-order valence-electron chi connectivity index (χ2n) is 3.82. The Morgan fingerprint density at radius 1 is 1.11 bits per heavy atom. The predicted molar refractivity (Wildman–Crippen MR) is 72.9 cm³/mol. The molecule has 0 bridgehead atoms. The van der Waals surface area contributed by atoms with Crippen molar-refractivity contribution < 1.29 is 13.6 Å². The second-order valence-corrected chi connectivity index (χ2v) is 4.67. The van der Waals surface area contributed by atoms with Crippen LogP contribution in [0.5, 0.6) is 0 Å². The molecule has 0 saturated carbocycles. The Kier molecular flexibility index (Phi) is 3.80. The Bertz CT molecular complexity index is 647. The van der Waals surface area contributed by atoms with Crippen molar-refractivity contribution in [2.45, 2.75) is 0 Å². The topological polar surface area (TPSA) is 55.1 Å².